The van der Waals surface area contributed by atoms with Gasteiger partial charge in [-0.05, 0) is 48.2 Å². The summed E-state index contributed by atoms with van der Waals surface area (Å²) in [6.07, 6.45) is 0.208. The molecule has 0 spiro atoms. The van der Waals surface area contributed by atoms with Crippen molar-refractivity contribution >= 4 is 23.4 Å². The average Bonchev–Trinajstić information content (AvgIpc) is 2.71. The standard InChI is InChI=1S/C23H29ClN2O3/c1-16(2)14-25-23(28)17(3)26(15-19-5-9-20(24)10-6-19)22(27)13-18-7-11-21(29-4)12-8-18/h5-12,16-17H,13-15H2,1-4H3,(H,25,28)/t17-/m0/s1. The number of methoxy groups -OCH3 is 1. The van der Waals surface area contributed by atoms with Gasteiger partial charge in [-0.3, -0.25) is 9.59 Å². The van der Waals surface area contributed by atoms with Crippen LogP contribution in [-0.2, 0) is 22.6 Å². The first-order valence-corrected chi connectivity index (χ1v) is 10.1. The van der Waals surface area contributed by atoms with Crippen molar-refractivity contribution in [2.75, 3.05) is 13.7 Å². The van der Waals surface area contributed by atoms with Crippen LogP contribution >= 0.6 is 11.6 Å². The fraction of sp³-hybridized carbons (Fsp3) is 0.391. The van der Waals surface area contributed by atoms with Gasteiger partial charge in [-0.25, -0.2) is 0 Å². The molecule has 1 atom stereocenters. The summed E-state index contributed by atoms with van der Waals surface area (Å²) in [7, 11) is 1.60. The van der Waals surface area contributed by atoms with Gasteiger partial charge in [0.25, 0.3) is 0 Å². The number of hydrogen-bond acceptors (Lipinski definition) is 3. The molecule has 0 aliphatic rings. The Hall–Kier alpha value is -2.53. The van der Waals surface area contributed by atoms with Gasteiger partial charge < -0.3 is 15.0 Å². The van der Waals surface area contributed by atoms with Crippen molar-refractivity contribution in [2.45, 2.75) is 39.8 Å². The highest BCUT2D eigenvalue weighted by Crippen LogP contribution is 2.17. The molecule has 2 aromatic rings. The number of ether oxygens (including phenoxy) is 1. The molecule has 0 aliphatic carbocycles. The number of nitrogens with one attached hydrogen (secondary N) is 1. The minimum absolute atomic E-state index is 0.114. The number of carbonyl (C=O) groups is 2. The maximum Gasteiger partial charge on any atom is 0.242 e. The Kier molecular flexibility index (Phi) is 8.52. The monoisotopic (exact) mass is 416 g/mol. The number of halogens is 1. The first-order valence-electron chi connectivity index (χ1n) is 9.74. The van der Waals surface area contributed by atoms with Crippen LogP contribution in [0, 0.1) is 5.92 Å². The van der Waals surface area contributed by atoms with Gasteiger partial charge in [-0.15, -0.1) is 0 Å². The van der Waals surface area contributed by atoms with E-state index in [1.165, 1.54) is 0 Å². The molecule has 0 aromatic heterocycles. The largest absolute Gasteiger partial charge is 0.497 e. The predicted octanol–water partition coefficient (Wildman–Crippen LogP) is 4.08. The zero-order valence-corrected chi connectivity index (χ0v) is 18.2. The summed E-state index contributed by atoms with van der Waals surface area (Å²) >= 11 is 5.97. The molecule has 5 nitrogen and oxygen atoms in total. The van der Waals surface area contributed by atoms with E-state index in [9.17, 15) is 9.59 Å². The third kappa shape index (κ3) is 7.09. The van der Waals surface area contributed by atoms with Crippen LogP contribution in [-0.4, -0.2) is 36.4 Å². The second-order valence-corrected chi connectivity index (χ2v) is 7.92. The predicted molar refractivity (Wildman–Crippen MR) is 116 cm³/mol. The second-order valence-electron chi connectivity index (χ2n) is 7.49. The maximum atomic E-state index is 13.1. The Bertz CT molecular complexity index is 804. The summed E-state index contributed by atoms with van der Waals surface area (Å²) in [6.45, 7) is 6.74. The van der Waals surface area contributed by atoms with E-state index in [1.54, 1.807) is 31.1 Å². The first-order chi connectivity index (χ1) is 13.8. The lowest BCUT2D eigenvalue weighted by atomic mass is 10.1. The topological polar surface area (TPSA) is 58.6 Å². The van der Waals surface area contributed by atoms with Gasteiger partial charge in [0.15, 0.2) is 0 Å². The van der Waals surface area contributed by atoms with Gasteiger partial charge in [0, 0.05) is 18.1 Å². The molecule has 156 valence electrons. The molecule has 0 unspecified atom stereocenters. The van der Waals surface area contributed by atoms with Crippen molar-refractivity contribution in [3.8, 4) is 5.75 Å². The maximum absolute atomic E-state index is 13.1. The Labute approximate surface area is 178 Å². The smallest absolute Gasteiger partial charge is 0.242 e. The van der Waals surface area contributed by atoms with Gasteiger partial charge in [0.05, 0.1) is 13.5 Å². The van der Waals surface area contributed by atoms with Gasteiger partial charge in [0.2, 0.25) is 11.8 Å². The highest BCUT2D eigenvalue weighted by atomic mass is 35.5. The van der Waals surface area contributed by atoms with Crippen molar-refractivity contribution in [1.82, 2.24) is 10.2 Å². The van der Waals surface area contributed by atoms with Crippen LogP contribution in [0.4, 0.5) is 0 Å². The molecular weight excluding hydrogens is 388 g/mol. The molecule has 1 N–H and O–H groups in total. The van der Waals surface area contributed by atoms with Crippen molar-refractivity contribution in [1.29, 1.82) is 0 Å². The quantitative estimate of drug-likeness (QED) is 0.670. The molecular formula is C23H29ClN2O3. The van der Waals surface area contributed by atoms with Crippen LogP contribution < -0.4 is 10.1 Å². The average molecular weight is 417 g/mol. The fourth-order valence-corrected chi connectivity index (χ4v) is 2.97. The van der Waals surface area contributed by atoms with E-state index >= 15 is 0 Å². The summed E-state index contributed by atoms with van der Waals surface area (Å²) in [6, 6.07) is 14.1. The number of hydrogen-bond donors (Lipinski definition) is 1. The van der Waals surface area contributed by atoms with E-state index in [1.807, 2.05) is 50.2 Å². The third-order valence-corrected chi connectivity index (χ3v) is 4.88. The molecule has 0 heterocycles. The number of carbonyl (C=O) groups excluding carboxylic acids is 2. The minimum atomic E-state index is -0.588. The zero-order chi connectivity index (χ0) is 21.4. The molecule has 29 heavy (non-hydrogen) atoms. The summed E-state index contributed by atoms with van der Waals surface area (Å²) in [5.41, 5.74) is 1.78. The molecule has 2 rings (SSSR count). The molecule has 6 heteroatoms. The van der Waals surface area contributed by atoms with Gasteiger partial charge in [-0.2, -0.15) is 0 Å². The van der Waals surface area contributed by atoms with Crippen LogP contribution in [0.15, 0.2) is 48.5 Å². The molecule has 2 amide bonds. The van der Waals surface area contributed by atoms with Crippen molar-refractivity contribution < 1.29 is 14.3 Å². The normalized spacial score (nSPS) is 11.8. The van der Waals surface area contributed by atoms with Crippen LogP contribution in [0.5, 0.6) is 5.75 Å². The van der Waals surface area contributed by atoms with E-state index < -0.39 is 6.04 Å². The van der Waals surface area contributed by atoms with Crippen LogP contribution in [0.3, 0.4) is 0 Å². The van der Waals surface area contributed by atoms with E-state index in [0.717, 1.165) is 16.9 Å². The Morgan fingerprint density at radius 3 is 2.14 bits per heavy atom. The molecule has 2 aromatic carbocycles. The van der Waals surface area contributed by atoms with E-state index in [-0.39, 0.29) is 18.2 Å². The summed E-state index contributed by atoms with van der Waals surface area (Å²) in [4.78, 5) is 27.4. The van der Waals surface area contributed by atoms with Gasteiger partial charge in [0.1, 0.15) is 11.8 Å². The van der Waals surface area contributed by atoms with Crippen LogP contribution in [0.2, 0.25) is 5.02 Å². The molecule has 0 saturated carbocycles. The van der Waals surface area contributed by atoms with Gasteiger partial charge in [-0.1, -0.05) is 49.7 Å². The molecule has 0 saturated heterocycles. The number of amides is 2. The summed E-state index contributed by atoms with van der Waals surface area (Å²) in [5.74, 6) is 0.805. The molecule has 0 bridgehead atoms. The molecule has 0 radical (unpaired) electrons. The van der Waals surface area contributed by atoms with E-state index in [4.69, 9.17) is 16.3 Å². The van der Waals surface area contributed by atoms with Crippen LogP contribution in [0.25, 0.3) is 0 Å². The van der Waals surface area contributed by atoms with Crippen molar-refractivity contribution in [3.63, 3.8) is 0 Å². The Balaban J connectivity index is 2.18. The summed E-state index contributed by atoms with van der Waals surface area (Å²) < 4.78 is 5.17. The highest BCUT2D eigenvalue weighted by Gasteiger charge is 2.26. The fourth-order valence-electron chi connectivity index (χ4n) is 2.84. The lowest BCUT2D eigenvalue weighted by Gasteiger charge is -2.29. The van der Waals surface area contributed by atoms with Gasteiger partial charge >= 0.3 is 0 Å². The van der Waals surface area contributed by atoms with Crippen molar-refractivity contribution in [2.24, 2.45) is 5.92 Å². The second kappa shape index (κ2) is 10.9. The third-order valence-electron chi connectivity index (χ3n) is 4.63. The minimum Gasteiger partial charge on any atom is -0.497 e. The van der Waals surface area contributed by atoms with Crippen molar-refractivity contribution in [3.05, 3.63) is 64.7 Å². The molecule has 0 fully saturated rings. The lowest BCUT2D eigenvalue weighted by molar-refractivity contribution is -0.140. The number of rotatable bonds is 9. The molecule has 0 aliphatic heterocycles. The highest BCUT2D eigenvalue weighted by molar-refractivity contribution is 6.30. The number of benzene rings is 2. The lowest BCUT2D eigenvalue weighted by Crippen LogP contribution is -2.48. The van der Waals surface area contributed by atoms with E-state index in [2.05, 4.69) is 5.32 Å². The van der Waals surface area contributed by atoms with E-state index in [0.29, 0.717) is 24.0 Å². The SMILES string of the molecule is COc1ccc(CC(=O)N(Cc2ccc(Cl)cc2)[C@@H](C)C(=O)NCC(C)C)cc1. The van der Waals surface area contributed by atoms with Crippen LogP contribution in [0.1, 0.15) is 31.9 Å². The Morgan fingerprint density at radius 1 is 1.00 bits per heavy atom. The summed E-state index contributed by atoms with van der Waals surface area (Å²) in [5, 5.41) is 3.55. The number of nitrogens with zero attached hydrogens (tertiary/aromatic N) is 1. The first kappa shape index (κ1) is 22.8. The zero-order valence-electron chi connectivity index (χ0n) is 17.4. The Morgan fingerprint density at radius 2 is 1.59 bits per heavy atom.